The van der Waals surface area contributed by atoms with E-state index in [0.717, 1.165) is 37.0 Å². The van der Waals surface area contributed by atoms with Gasteiger partial charge in [-0.25, -0.2) is 9.78 Å². The highest BCUT2D eigenvalue weighted by Gasteiger charge is 2.26. The van der Waals surface area contributed by atoms with E-state index in [9.17, 15) is 14.4 Å². The van der Waals surface area contributed by atoms with E-state index in [1.54, 1.807) is 20.8 Å². The van der Waals surface area contributed by atoms with Crippen molar-refractivity contribution < 1.29 is 14.3 Å². The van der Waals surface area contributed by atoms with Crippen molar-refractivity contribution in [3.63, 3.8) is 0 Å². The number of ether oxygens (including phenoxy) is 1. The Morgan fingerprint density at radius 2 is 1.92 bits per heavy atom. The number of carbonyl (C=O) groups excluding carboxylic acids is 2. The number of primary amides is 1. The number of nitrogens with two attached hydrogens (primary N) is 1. The molecule has 3 rings (SSSR count). The lowest BCUT2D eigenvalue weighted by Crippen LogP contribution is -2.34. The number of thiophene rings is 1. The van der Waals surface area contributed by atoms with Gasteiger partial charge in [-0.1, -0.05) is 6.42 Å². The summed E-state index contributed by atoms with van der Waals surface area (Å²) in [4.78, 5) is 42.3. The molecule has 0 aliphatic heterocycles. The molecule has 0 saturated heterocycles. The highest BCUT2D eigenvalue weighted by Crippen LogP contribution is 2.30. The first-order valence-corrected chi connectivity index (χ1v) is 9.65. The van der Waals surface area contributed by atoms with E-state index >= 15 is 0 Å². The number of hydrogen-bond donors (Lipinski definition) is 1. The van der Waals surface area contributed by atoms with Crippen LogP contribution in [-0.2, 0) is 9.53 Å². The Morgan fingerprint density at radius 3 is 2.54 bits per heavy atom. The third-order valence-corrected chi connectivity index (χ3v) is 6.15. The predicted octanol–water partition coefficient (Wildman–Crippen LogP) is 2.61. The van der Waals surface area contributed by atoms with Gasteiger partial charge in [0.25, 0.3) is 5.56 Å². The number of nitrogens with zero attached hydrogens (tertiary/aromatic N) is 2. The maximum atomic E-state index is 12.9. The molecular weight excluding hydrogens is 354 g/mol. The summed E-state index contributed by atoms with van der Waals surface area (Å²) < 4.78 is 6.91. The van der Waals surface area contributed by atoms with Crippen LogP contribution in [0.4, 0.5) is 0 Å². The second-order valence-corrected chi connectivity index (χ2v) is 7.81. The second kappa shape index (κ2) is 7.19. The Labute approximate surface area is 155 Å². The van der Waals surface area contributed by atoms with Crippen molar-refractivity contribution in [1.82, 2.24) is 9.55 Å². The van der Waals surface area contributed by atoms with Crippen molar-refractivity contribution >= 4 is 33.4 Å². The summed E-state index contributed by atoms with van der Waals surface area (Å²) in [7, 11) is 0. The molecule has 7 nitrogen and oxygen atoms in total. The van der Waals surface area contributed by atoms with Crippen LogP contribution in [0.15, 0.2) is 4.79 Å². The van der Waals surface area contributed by atoms with Gasteiger partial charge >= 0.3 is 5.97 Å². The summed E-state index contributed by atoms with van der Waals surface area (Å²) in [5.41, 5.74) is 5.54. The second-order valence-electron chi connectivity index (χ2n) is 6.81. The molecule has 1 unspecified atom stereocenters. The molecule has 1 saturated carbocycles. The fourth-order valence-electron chi connectivity index (χ4n) is 3.46. The normalized spacial score (nSPS) is 16.6. The van der Waals surface area contributed by atoms with Crippen LogP contribution in [0.25, 0.3) is 10.2 Å². The Balaban J connectivity index is 2.02. The first-order valence-electron chi connectivity index (χ1n) is 8.83. The van der Waals surface area contributed by atoms with E-state index in [4.69, 9.17) is 10.5 Å². The number of rotatable bonds is 4. The van der Waals surface area contributed by atoms with E-state index in [2.05, 4.69) is 4.98 Å². The van der Waals surface area contributed by atoms with Crippen molar-refractivity contribution in [2.24, 2.45) is 5.73 Å². The van der Waals surface area contributed by atoms with Gasteiger partial charge in [0, 0.05) is 0 Å². The molecule has 140 valence electrons. The standard InChI is InChI=1S/C18H23N3O4S/c1-9-13-16(20-11(3)21(17(13)23)10(2)15(19)22)26-14(9)18(24)25-12-7-5-4-6-8-12/h10,12H,4-8H2,1-3H3,(H2,19,22). The van der Waals surface area contributed by atoms with Gasteiger partial charge in [-0.3, -0.25) is 14.2 Å². The number of aryl methyl sites for hydroxylation is 2. The molecule has 1 fully saturated rings. The highest BCUT2D eigenvalue weighted by atomic mass is 32.1. The number of hydrogen-bond acceptors (Lipinski definition) is 6. The lowest BCUT2D eigenvalue weighted by molar-refractivity contribution is -0.120. The maximum absolute atomic E-state index is 12.9. The molecule has 0 radical (unpaired) electrons. The minimum atomic E-state index is -0.809. The van der Waals surface area contributed by atoms with Crippen LogP contribution < -0.4 is 11.3 Å². The van der Waals surface area contributed by atoms with E-state index in [1.165, 1.54) is 11.0 Å². The smallest absolute Gasteiger partial charge is 0.348 e. The molecule has 2 aromatic heterocycles. The van der Waals surface area contributed by atoms with Crippen molar-refractivity contribution in [1.29, 1.82) is 0 Å². The third-order valence-electron chi connectivity index (χ3n) is 4.98. The summed E-state index contributed by atoms with van der Waals surface area (Å²) in [5, 5.41) is 0.351. The number of carbonyl (C=O) groups is 2. The Hall–Kier alpha value is -2.22. The average Bonchev–Trinajstić information content (AvgIpc) is 2.92. The quantitative estimate of drug-likeness (QED) is 0.825. The fraction of sp³-hybridized carbons (Fsp3) is 0.556. The molecule has 2 heterocycles. The van der Waals surface area contributed by atoms with E-state index < -0.39 is 17.9 Å². The van der Waals surface area contributed by atoms with Crippen LogP contribution in [0, 0.1) is 13.8 Å². The molecular formula is C18H23N3O4S. The van der Waals surface area contributed by atoms with Gasteiger partial charge in [-0.15, -0.1) is 11.3 Å². The number of aromatic nitrogens is 2. The summed E-state index contributed by atoms with van der Waals surface area (Å²) >= 11 is 1.16. The van der Waals surface area contributed by atoms with Crippen LogP contribution in [0.3, 0.4) is 0 Å². The summed E-state index contributed by atoms with van der Waals surface area (Å²) in [6.45, 7) is 4.92. The zero-order valence-corrected chi connectivity index (χ0v) is 16.0. The lowest BCUT2D eigenvalue weighted by Gasteiger charge is -2.21. The summed E-state index contributed by atoms with van der Waals surface area (Å²) in [5.74, 6) is -0.618. The molecule has 0 bridgehead atoms. The molecule has 1 atom stereocenters. The minimum Gasteiger partial charge on any atom is -0.458 e. The molecule has 2 N–H and O–H groups in total. The van der Waals surface area contributed by atoms with Crippen LogP contribution in [0.5, 0.6) is 0 Å². The number of amides is 1. The van der Waals surface area contributed by atoms with Crippen molar-refractivity contribution in [2.45, 2.75) is 65.0 Å². The molecule has 0 aromatic carbocycles. The molecule has 26 heavy (non-hydrogen) atoms. The van der Waals surface area contributed by atoms with E-state index in [-0.39, 0.29) is 11.7 Å². The lowest BCUT2D eigenvalue weighted by atomic mass is 9.98. The zero-order chi connectivity index (χ0) is 19.0. The van der Waals surface area contributed by atoms with Gasteiger partial charge in [-0.05, 0) is 52.0 Å². The molecule has 1 amide bonds. The highest BCUT2D eigenvalue weighted by molar-refractivity contribution is 7.20. The molecule has 0 spiro atoms. The predicted molar refractivity (Wildman–Crippen MR) is 99.5 cm³/mol. The summed E-state index contributed by atoms with van der Waals surface area (Å²) in [6.07, 6.45) is 5.03. The summed E-state index contributed by atoms with van der Waals surface area (Å²) in [6, 6.07) is -0.809. The monoisotopic (exact) mass is 377 g/mol. The van der Waals surface area contributed by atoms with E-state index in [1.807, 2.05) is 0 Å². The maximum Gasteiger partial charge on any atom is 0.348 e. The molecule has 8 heteroatoms. The Bertz CT molecular complexity index is 925. The van der Waals surface area contributed by atoms with E-state index in [0.29, 0.717) is 26.5 Å². The first-order chi connectivity index (χ1) is 12.3. The number of esters is 1. The molecule has 1 aliphatic rings. The van der Waals surface area contributed by atoms with Gasteiger partial charge < -0.3 is 10.5 Å². The molecule has 1 aliphatic carbocycles. The number of fused-ring (bicyclic) bond motifs is 1. The van der Waals surface area contributed by atoms with Gasteiger partial charge in [0.05, 0.1) is 5.39 Å². The van der Waals surface area contributed by atoms with Crippen LogP contribution in [0.1, 0.15) is 66.1 Å². The molecule has 2 aromatic rings. The largest absolute Gasteiger partial charge is 0.458 e. The van der Waals surface area contributed by atoms with Gasteiger partial charge in [0.1, 0.15) is 27.7 Å². The minimum absolute atomic E-state index is 0.0536. The van der Waals surface area contributed by atoms with Gasteiger partial charge in [0.2, 0.25) is 5.91 Å². The first kappa shape index (κ1) is 18.6. The zero-order valence-electron chi connectivity index (χ0n) is 15.2. The Kier molecular flexibility index (Phi) is 5.13. The van der Waals surface area contributed by atoms with Crippen molar-refractivity contribution in [2.75, 3.05) is 0 Å². The topological polar surface area (TPSA) is 104 Å². The van der Waals surface area contributed by atoms with Crippen LogP contribution >= 0.6 is 11.3 Å². The SMILES string of the molecule is Cc1c(C(=O)OC2CCCCC2)sc2nc(C)n(C(C)C(N)=O)c(=O)c12. The van der Waals surface area contributed by atoms with Crippen molar-refractivity contribution in [3.05, 3.63) is 26.6 Å². The van der Waals surface area contributed by atoms with Crippen LogP contribution in [-0.4, -0.2) is 27.5 Å². The third kappa shape index (κ3) is 3.25. The van der Waals surface area contributed by atoms with Crippen molar-refractivity contribution in [3.8, 4) is 0 Å². The van der Waals surface area contributed by atoms with Gasteiger partial charge in [0.15, 0.2) is 0 Å². The fourth-order valence-corrected chi connectivity index (χ4v) is 4.56. The van der Waals surface area contributed by atoms with Crippen LogP contribution in [0.2, 0.25) is 0 Å². The van der Waals surface area contributed by atoms with Gasteiger partial charge in [-0.2, -0.15) is 0 Å². The Morgan fingerprint density at radius 1 is 1.27 bits per heavy atom. The average molecular weight is 377 g/mol.